The fourth-order valence-corrected chi connectivity index (χ4v) is 4.34. The SMILES string of the molecule is CCOC(=O)C1CCCN(c2ncnc(N(CC)c3cccc4ccccc34)c2N)C1. The molecule has 0 radical (unpaired) electrons. The van der Waals surface area contributed by atoms with Gasteiger partial charge in [0.2, 0.25) is 0 Å². The maximum Gasteiger partial charge on any atom is 0.310 e. The number of hydrogen-bond acceptors (Lipinski definition) is 7. The number of nitrogens with zero attached hydrogens (tertiary/aromatic N) is 4. The molecule has 31 heavy (non-hydrogen) atoms. The van der Waals surface area contributed by atoms with Gasteiger partial charge in [0.15, 0.2) is 11.6 Å². The van der Waals surface area contributed by atoms with Crippen LogP contribution in [0, 0.1) is 5.92 Å². The molecule has 7 heteroatoms. The number of rotatable bonds is 6. The summed E-state index contributed by atoms with van der Waals surface area (Å²) in [7, 11) is 0. The van der Waals surface area contributed by atoms with E-state index in [-0.39, 0.29) is 11.9 Å². The Kier molecular flexibility index (Phi) is 6.21. The summed E-state index contributed by atoms with van der Waals surface area (Å²) >= 11 is 0. The minimum Gasteiger partial charge on any atom is -0.466 e. The lowest BCUT2D eigenvalue weighted by molar-refractivity contribution is -0.148. The van der Waals surface area contributed by atoms with Crippen LogP contribution in [0.3, 0.4) is 0 Å². The van der Waals surface area contributed by atoms with Gasteiger partial charge in [0.1, 0.15) is 12.0 Å². The highest BCUT2D eigenvalue weighted by atomic mass is 16.5. The number of carbonyl (C=O) groups is 1. The van der Waals surface area contributed by atoms with Crippen molar-refractivity contribution >= 4 is 39.8 Å². The van der Waals surface area contributed by atoms with Gasteiger partial charge in [-0.05, 0) is 38.1 Å². The number of esters is 1. The summed E-state index contributed by atoms with van der Waals surface area (Å²) in [5, 5.41) is 2.31. The predicted octanol–water partition coefficient (Wildman–Crippen LogP) is 4.15. The monoisotopic (exact) mass is 419 g/mol. The molecule has 0 spiro atoms. The van der Waals surface area contributed by atoms with Crippen molar-refractivity contribution in [3.63, 3.8) is 0 Å². The smallest absolute Gasteiger partial charge is 0.310 e. The van der Waals surface area contributed by atoms with Gasteiger partial charge in [0, 0.05) is 25.0 Å². The van der Waals surface area contributed by atoms with Crippen LogP contribution in [0.1, 0.15) is 26.7 Å². The van der Waals surface area contributed by atoms with Gasteiger partial charge >= 0.3 is 5.97 Å². The molecular weight excluding hydrogens is 390 g/mol. The topological polar surface area (TPSA) is 84.6 Å². The minimum atomic E-state index is -0.160. The molecule has 0 amide bonds. The van der Waals surface area contributed by atoms with E-state index in [1.54, 1.807) is 6.33 Å². The number of carbonyl (C=O) groups excluding carboxylic acids is 1. The molecular formula is C24H29N5O2. The van der Waals surface area contributed by atoms with Crippen molar-refractivity contribution in [2.45, 2.75) is 26.7 Å². The maximum atomic E-state index is 12.3. The van der Waals surface area contributed by atoms with Crippen LogP contribution in [0.25, 0.3) is 10.8 Å². The summed E-state index contributed by atoms with van der Waals surface area (Å²) < 4.78 is 5.24. The lowest BCUT2D eigenvalue weighted by atomic mass is 9.98. The summed E-state index contributed by atoms with van der Waals surface area (Å²) in [5.74, 6) is 1.05. The van der Waals surface area contributed by atoms with E-state index >= 15 is 0 Å². The van der Waals surface area contributed by atoms with E-state index in [1.807, 2.05) is 25.1 Å². The Morgan fingerprint density at radius 3 is 2.81 bits per heavy atom. The highest BCUT2D eigenvalue weighted by molar-refractivity contribution is 5.97. The highest BCUT2D eigenvalue weighted by Crippen LogP contribution is 2.37. The van der Waals surface area contributed by atoms with Gasteiger partial charge in [-0.25, -0.2) is 9.97 Å². The Morgan fingerprint density at radius 2 is 2.00 bits per heavy atom. The lowest BCUT2D eigenvalue weighted by Gasteiger charge is -2.34. The van der Waals surface area contributed by atoms with Gasteiger partial charge in [-0.1, -0.05) is 36.4 Å². The van der Waals surface area contributed by atoms with Crippen LogP contribution >= 0.6 is 0 Å². The molecule has 1 atom stereocenters. The van der Waals surface area contributed by atoms with Crippen molar-refractivity contribution in [3.05, 3.63) is 48.8 Å². The van der Waals surface area contributed by atoms with Crippen LogP contribution in [0.5, 0.6) is 0 Å². The summed E-state index contributed by atoms with van der Waals surface area (Å²) in [4.78, 5) is 25.5. The molecule has 1 saturated heterocycles. The largest absolute Gasteiger partial charge is 0.466 e. The van der Waals surface area contributed by atoms with Crippen molar-refractivity contribution in [3.8, 4) is 0 Å². The number of nitrogens with two attached hydrogens (primary N) is 1. The number of nitrogen functional groups attached to an aromatic ring is 1. The first-order valence-electron chi connectivity index (χ1n) is 10.9. The number of anilines is 4. The first kappa shape index (κ1) is 20.9. The standard InChI is InChI=1S/C24H29N5O2/c1-3-29(20-13-7-10-17-9-5-6-12-19(17)20)23-21(25)22(26-16-27-23)28-14-8-11-18(15-28)24(30)31-4-2/h5-7,9-10,12-13,16,18H,3-4,8,11,14-15,25H2,1-2H3. The fraction of sp³-hybridized carbons (Fsp3) is 0.375. The van der Waals surface area contributed by atoms with Gasteiger partial charge < -0.3 is 20.3 Å². The van der Waals surface area contributed by atoms with E-state index in [9.17, 15) is 4.79 Å². The number of hydrogen-bond donors (Lipinski definition) is 1. The molecule has 1 aromatic heterocycles. The van der Waals surface area contributed by atoms with Gasteiger partial charge in [-0.2, -0.15) is 0 Å². The van der Waals surface area contributed by atoms with Crippen LogP contribution < -0.4 is 15.5 Å². The van der Waals surface area contributed by atoms with E-state index in [0.29, 0.717) is 37.0 Å². The summed E-state index contributed by atoms with van der Waals surface area (Å²) in [6, 6.07) is 14.5. The molecule has 1 unspecified atom stereocenters. The maximum absolute atomic E-state index is 12.3. The number of piperidine rings is 1. The zero-order valence-electron chi connectivity index (χ0n) is 18.1. The van der Waals surface area contributed by atoms with Crippen LogP contribution in [-0.4, -0.2) is 42.2 Å². The van der Waals surface area contributed by atoms with Crippen LogP contribution in [0.15, 0.2) is 48.8 Å². The van der Waals surface area contributed by atoms with E-state index in [2.05, 4.69) is 51.0 Å². The van der Waals surface area contributed by atoms with Crippen molar-refractivity contribution in [1.82, 2.24) is 9.97 Å². The van der Waals surface area contributed by atoms with Crippen molar-refractivity contribution in [2.75, 3.05) is 41.8 Å². The molecule has 2 aromatic carbocycles. The van der Waals surface area contributed by atoms with Gasteiger partial charge in [-0.15, -0.1) is 0 Å². The molecule has 4 rings (SSSR count). The molecule has 0 saturated carbocycles. The average Bonchev–Trinajstić information content (AvgIpc) is 2.81. The highest BCUT2D eigenvalue weighted by Gasteiger charge is 2.29. The second-order valence-corrected chi connectivity index (χ2v) is 7.71. The van der Waals surface area contributed by atoms with Crippen LogP contribution in [-0.2, 0) is 9.53 Å². The van der Waals surface area contributed by atoms with Crippen molar-refractivity contribution in [1.29, 1.82) is 0 Å². The zero-order valence-corrected chi connectivity index (χ0v) is 18.1. The summed E-state index contributed by atoms with van der Waals surface area (Å²) in [5.41, 5.74) is 8.21. The first-order chi connectivity index (χ1) is 15.1. The van der Waals surface area contributed by atoms with E-state index < -0.39 is 0 Å². The third-order valence-electron chi connectivity index (χ3n) is 5.81. The number of aromatic nitrogens is 2. The molecule has 162 valence electrons. The van der Waals surface area contributed by atoms with Crippen LogP contribution in [0.4, 0.5) is 23.0 Å². The van der Waals surface area contributed by atoms with Gasteiger partial charge in [0.25, 0.3) is 0 Å². The van der Waals surface area contributed by atoms with Crippen molar-refractivity contribution in [2.24, 2.45) is 5.92 Å². The Morgan fingerprint density at radius 1 is 1.19 bits per heavy atom. The number of ether oxygens (including phenoxy) is 1. The molecule has 1 aliphatic rings. The van der Waals surface area contributed by atoms with E-state index in [1.165, 1.54) is 5.39 Å². The first-order valence-corrected chi connectivity index (χ1v) is 10.9. The van der Waals surface area contributed by atoms with Crippen LogP contribution in [0.2, 0.25) is 0 Å². The Labute approximate surface area is 182 Å². The Hall–Kier alpha value is -3.35. The summed E-state index contributed by atoms with van der Waals surface area (Å²) in [6.45, 7) is 6.38. The fourth-order valence-electron chi connectivity index (χ4n) is 4.34. The van der Waals surface area contributed by atoms with E-state index in [4.69, 9.17) is 10.5 Å². The normalized spacial score (nSPS) is 16.3. The van der Waals surface area contributed by atoms with Gasteiger partial charge in [-0.3, -0.25) is 4.79 Å². The molecule has 0 bridgehead atoms. The average molecular weight is 420 g/mol. The molecule has 2 heterocycles. The zero-order chi connectivity index (χ0) is 21.8. The second-order valence-electron chi connectivity index (χ2n) is 7.71. The van der Waals surface area contributed by atoms with Gasteiger partial charge in [0.05, 0.1) is 18.2 Å². The number of benzene rings is 2. The molecule has 7 nitrogen and oxygen atoms in total. The predicted molar refractivity (Wildman–Crippen MR) is 125 cm³/mol. The third kappa shape index (κ3) is 4.13. The minimum absolute atomic E-state index is 0.147. The summed E-state index contributed by atoms with van der Waals surface area (Å²) in [6.07, 6.45) is 3.27. The van der Waals surface area contributed by atoms with Crippen molar-refractivity contribution < 1.29 is 9.53 Å². The molecule has 0 aliphatic carbocycles. The lowest BCUT2D eigenvalue weighted by Crippen LogP contribution is -2.40. The second kappa shape index (κ2) is 9.20. The Bertz CT molecular complexity index is 1070. The molecule has 2 N–H and O–H groups in total. The Balaban J connectivity index is 1.69. The molecule has 1 aliphatic heterocycles. The quantitative estimate of drug-likeness (QED) is 0.601. The van der Waals surface area contributed by atoms with E-state index in [0.717, 1.165) is 30.5 Å². The molecule has 3 aromatic rings. The third-order valence-corrected chi connectivity index (χ3v) is 5.81. The number of fused-ring (bicyclic) bond motifs is 1. The molecule has 1 fully saturated rings.